The summed E-state index contributed by atoms with van der Waals surface area (Å²) >= 11 is 4.71. The quantitative estimate of drug-likeness (QED) is 0.858. The molecule has 0 radical (unpaired) electrons. The predicted molar refractivity (Wildman–Crippen MR) is 73.7 cm³/mol. The van der Waals surface area contributed by atoms with Gasteiger partial charge in [0, 0.05) is 16.5 Å². The minimum atomic E-state index is 0.0537. The molecule has 0 aromatic carbocycles. The van der Waals surface area contributed by atoms with Gasteiger partial charge in [-0.2, -0.15) is 0 Å². The Labute approximate surface area is 112 Å². The first-order valence-electron chi connectivity index (χ1n) is 5.07. The van der Waals surface area contributed by atoms with E-state index in [1.54, 1.807) is 28.9 Å². The predicted octanol–water partition coefficient (Wildman–Crippen LogP) is 2.92. The second kappa shape index (κ2) is 6.18. The molecule has 17 heavy (non-hydrogen) atoms. The zero-order chi connectivity index (χ0) is 12.1. The second-order valence-electron chi connectivity index (χ2n) is 3.39. The van der Waals surface area contributed by atoms with E-state index in [0.717, 1.165) is 4.34 Å². The fourth-order valence-electron chi connectivity index (χ4n) is 1.22. The van der Waals surface area contributed by atoms with Crippen LogP contribution in [0.2, 0.25) is 0 Å². The van der Waals surface area contributed by atoms with E-state index in [1.165, 1.54) is 22.2 Å². The standard InChI is InChI=1S/C11H12N2OS3/c1-8-2-4-15-9(8)6-13-10(14)7-17-11-12-3-5-16-11/h2-5H,6-7H2,1H3,(H,13,14). The summed E-state index contributed by atoms with van der Waals surface area (Å²) in [7, 11) is 0. The number of nitrogens with zero attached hydrogens (tertiary/aromatic N) is 1. The van der Waals surface area contributed by atoms with Gasteiger partial charge in [0.2, 0.25) is 5.91 Å². The molecule has 2 rings (SSSR count). The van der Waals surface area contributed by atoms with Crippen LogP contribution in [0, 0.1) is 6.92 Å². The summed E-state index contributed by atoms with van der Waals surface area (Å²) in [4.78, 5) is 16.9. The van der Waals surface area contributed by atoms with Crippen LogP contribution in [0.1, 0.15) is 10.4 Å². The Balaban J connectivity index is 1.73. The van der Waals surface area contributed by atoms with Gasteiger partial charge in [-0.05, 0) is 23.9 Å². The molecule has 0 aliphatic heterocycles. The SMILES string of the molecule is Cc1ccsc1CNC(=O)CSc1nccs1. The summed E-state index contributed by atoms with van der Waals surface area (Å²) in [5, 5.41) is 6.87. The molecule has 0 saturated carbocycles. The molecular weight excluding hydrogens is 272 g/mol. The Hall–Kier alpha value is -0.850. The van der Waals surface area contributed by atoms with Crippen molar-refractivity contribution >= 4 is 40.3 Å². The molecule has 0 saturated heterocycles. The lowest BCUT2D eigenvalue weighted by molar-refractivity contribution is -0.118. The van der Waals surface area contributed by atoms with Crippen LogP contribution in [-0.4, -0.2) is 16.6 Å². The minimum Gasteiger partial charge on any atom is -0.350 e. The fourth-order valence-corrected chi connectivity index (χ4v) is 3.54. The number of nitrogens with one attached hydrogen (secondary N) is 1. The highest BCUT2D eigenvalue weighted by Gasteiger charge is 2.05. The van der Waals surface area contributed by atoms with E-state index >= 15 is 0 Å². The van der Waals surface area contributed by atoms with Crippen molar-refractivity contribution in [2.45, 2.75) is 17.8 Å². The molecule has 0 bridgehead atoms. The first-order chi connectivity index (χ1) is 8.25. The largest absolute Gasteiger partial charge is 0.350 e. The van der Waals surface area contributed by atoms with Gasteiger partial charge in [-0.25, -0.2) is 4.98 Å². The number of thioether (sulfide) groups is 1. The summed E-state index contributed by atoms with van der Waals surface area (Å²) in [5.74, 6) is 0.482. The molecule has 0 atom stereocenters. The normalized spacial score (nSPS) is 10.4. The molecule has 2 aromatic heterocycles. The van der Waals surface area contributed by atoms with E-state index in [9.17, 15) is 4.79 Å². The molecule has 1 amide bonds. The van der Waals surface area contributed by atoms with E-state index in [4.69, 9.17) is 0 Å². The summed E-state index contributed by atoms with van der Waals surface area (Å²) in [6.45, 7) is 2.68. The van der Waals surface area contributed by atoms with Crippen molar-refractivity contribution in [2.75, 3.05) is 5.75 Å². The van der Waals surface area contributed by atoms with Crippen LogP contribution in [0.3, 0.4) is 0 Å². The molecule has 0 aliphatic carbocycles. The van der Waals surface area contributed by atoms with Crippen molar-refractivity contribution < 1.29 is 4.79 Å². The summed E-state index contributed by atoms with van der Waals surface area (Å²) < 4.78 is 0.937. The van der Waals surface area contributed by atoms with Gasteiger partial charge in [0.25, 0.3) is 0 Å². The number of thiazole rings is 1. The highest BCUT2D eigenvalue weighted by molar-refractivity contribution is 8.01. The Morgan fingerprint density at radius 3 is 3.00 bits per heavy atom. The van der Waals surface area contributed by atoms with Gasteiger partial charge < -0.3 is 5.32 Å². The maximum Gasteiger partial charge on any atom is 0.230 e. The minimum absolute atomic E-state index is 0.0537. The number of carbonyl (C=O) groups excluding carboxylic acids is 1. The zero-order valence-electron chi connectivity index (χ0n) is 9.30. The molecule has 3 nitrogen and oxygen atoms in total. The number of hydrogen-bond donors (Lipinski definition) is 1. The van der Waals surface area contributed by atoms with Gasteiger partial charge in [-0.1, -0.05) is 11.8 Å². The summed E-state index contributed by atoms with van der Waals surface area (Å²) in [6.07, 6.45) is 1.75. The zero-order valence-corrected chi connectivity index (χ0v) is 11.8. The molecule has 0 aliphatic rings. The third-order valence-electron chi connectivity index (χ3n) is 2.15. The van der Waals surface area contributed by atoms with Crippen molar-refractivity contribution in [3.8, 4) is 0 Å². The average molecular weight is 284 g/mol. The third kappa shape index (κ3) is 3.83. The van der Waals surface area contributed by atoms with Gasteiger partial charge in [-0.3, -0.25) is 4.79 Å². The molecule has 0 spiro atoms. The number of aromatic nitrogens is 1. The maximum absolute atomic E-state index is 11.6. The Bertz CT molecular complexity index is 479. The van der Waals surface area contributed by atoms with E-state index in [0.29, 0.717) is 12.3 Å². The molecule has 6 heteroatoms. The van der Waals surface area contributed by atoms with E-state index in [1.807, 2.05) is 10.8 Å². The summed E-state index contributed by atoms with van der Waals surface area (Å²) in [6, 6.07) is 2.07. The van der Waals surface area contributed by atoms with Gasteiger partial charge in [0.1, 0.15) is 4.34 Å². The van der Waals surface area contributed by atoms with Crippen molar-refractivity contribution in [1.29, 1.82) is 0 Å². The lowest BCUT2D eigenvalue weighted by Gasteiger charge is -2.03. The number of aryl methyl sites for hydroxylation is 1. The maximum atomic E-state index is 11.6. The van der Waals surface area contributed by atoms with Gasteiger partial charge in [0.15, 0.2) is 0 Å². The third-order valence-corrected chi connectivity index (χ3v) is 5.14. The average Bonchev–Trinajstić information content (AvgIpc) is 2.95. The summed E-state index contributed by atoms with van der Waals surface area (Å²) in [5.41, 5.74) is 1.24. The molecule has 2 heterocycles. The Morgan fingerprint density at radius 1 is 1.47 bits per heavy atom. The second-order valence-corrected chi connectivity index (χ2v) is 6.51. The Morgan fingerprint density at radius 2 is 2.35 bits per heavy atom. The van der Waals surface area contributed by atoms with Crippen LogP contribution in [0.4, 0.5) is 0 Å². The highest BCUT2D eigenvalue weighted by Crippen LogP contribution is 2.20. The van der Waals surface area contributed by atoms with E-state index < -0.39 is 0 Å². The molecular formula is C11H12N2OS3. The molecule has 0 fully saturated rings. The van der Waals surface area contributed by atoms with Crippen molar-refractivity contribution in [3.63, 3.8) is 0 Å². The highest BCUT2D eigenvalue weighted by atomic mass is 32.2. The van der Waals surface area contributed by atoms with Gasteiger partial charge in [-0.15, -0.1) is 22.7 Å². The number of hydrogen-bond acceptors (Lipinski definition) is 5. The number of thiophene rings is 1. The molecule has 1 N–H and O–H groups in total. The van der Waals surface area contributed by atoms with Crippen LogP contribution in [0.15, 0.2) is 27.4 Å². The molecule has 90 valence electrons. The smallest absolute Gasteiger partial charge is 0.230 e. The van der Waals surface area contributed by atoms with Crippen molar-refractivity contribution in [3.05, 3.63) is 33.5 Å². The van der Waals surface area contributed by atoms with Crippen molar-refractivity contribution in [2.24, 2.45) is 0 Å². The number of rotatable bonds is 5. The van der Waals surface area contributed by atoms with Crippen LogP contribution in [-0.2, 0) is 11.3 Å². The van der Waals surface area contributed by atoms with Gasteiger partial charge >= 0.3 is 0 Å². The lowest BCUT2D eigenvalue weighted by atomic mass is 10.3. The fraction of sp³-hybridized carbons (Fsp3) is 0.273. The van der Waals surface area contributed by atoms with Crippen LogP contribution in [0.5, 0.6) is 0 Å². The monoisotopic (exact) mass is 284 g/mol. The lowest BCUT2D eigenvalue weighted by Crippen LogP contribution is -2.24. The van der Waals surface area contributed by atoms with Crippen LogP contribution < -0.4 is 5.32 Å². The van der Waals surface area contributed by atoms with Gasteiger partial charge in [0.05, 0.1) is 12.3 Å². The van der Waals surface area contributed by atoms with E-state index in [-0.39, 0.29) is 5.91 Å². The first-order valence-corrected chi connectivity index (χ1v) is 7.82. The van der Waals surface area contributed by atoms with Crippen molar-refractivity contribution in [1.82, 2.24) is 10.3 Å². The number of amides is 1. The topological polar surface area (TPSA) is 42.0 Å². The first kappa shape index (κ1) is 12.6. The van der Waals surface area contributed by atoms with Crippen LogP contribution >= 0.6 is 34.4 Å². The number of carbonyl (C=O) groups is 1. The van der Waals surface area contributed by atoms with E-state index in [2.05, 4.69) is 23.3 Å². The molecule has 2 aromatic rings. The Kier molecular flexibility index (Phi) is 4.58. The molecule has 0 unspecified atom stereocenters. The van der Waals surface area contributed by atoms with Crippen LogP contribution in [0.25, 0.3) is 0 Å².